The monoisotopic (exact) mass is 1130 g/mol. The Morgan fingerprint density at radius 3 is 1.19 bits per heavy atom. The summed E-state index contributed by atoms with van der Waals surface area (Å²) in [6.45, 7) is 3.46. The highest BCUT2D eigenvalue weighted by molar-refractivity contribution is 5.80. The van der Waals surface area contributed by atoms with Gasteiger partial charge in [0, 0.05) is 0 Å². The number of rotatable bonds is 59. The molecule has 1 amide bonds. The van der Waals surface area contributed by atoms with Crippen molar-refractivity contribution in [1.82, 2.24) is 5.32 Å². The van der Waals surface area contributed by atoms with Crippen molar-refractivity contribution < 1.29 is 50.0 Å². The molecule has 470 valence electrons. The Morgan fingerprint density at radius 2 is 0.787 bits per heavy atom. The second kappa shape index (κ2) is 57.5. The van der Waals surface area contributed by atoms with Crippen LogP contribution in [0.15, 0.2) is 48.6 Å². The van der Waals surface area contributed by atoms with E-state index in [1.54, 1.807) is 0 Å². The molecule has 1 aliphatic heterocycles. The molecule has 1 heterocycles. The van der Waals surface area contributed by atoms with Crippen LogP contribution in [-0.2, 0) is 14.3 Å². The lowest BCUT2D eigenvalue weighted by atomic mass is 9.98. The number of hydrogen-bond acceptors (Lipinski definition) is 10. The molecule has 1 saturated heterocycles. The number of nitrogens with one attached hydrogen (secondary N) is 1. The molecule has 0 bridgehead atoms. The van der Waals surface area contributed by atoms with E-state index in [0.29, 0.717) is 19.3 Å². The summed E-state index contributed by atoms with van der Waals surface area (Å²) in [5, 5.41) is 76.3. The minimum Gasteiger partial charge on any atom is -0.394 e. The molecule has 8 N–H and O–H groups in total. The maximum atomic E-state index is 13.2. The molecule has 1 rings (SSSR count). The van der Waals surface area contributed by atoms with Crippen molar-refractivity contribution in [3.8, 4) is 0 Å². The van der Waals surface area contributed by atoms with Crippen molar-refractivity contribution in [2.24, 2.45) is 0 Å². The number of carbonyl (C=O) groups excluding carboxylic acids is 1. The fourth-order valence-electron chi connectivity index (χ4n) is 10.8. The first-order valence-electron chi connectivity index (χ1n) is 34.0. The van der Waals surface area contributed by atoms with Crippen LogP contribution >= 0.6 is 0 Å². The maximum Gasteiger partial charge on any atom is 0.249 e. The number of carbonyl (C=O) groups is 1. The van der Waals surface area contributed by atoms with Gasteiger partial charge in [-0.05, 0) is 83.5 Å². The lowest BCUT2D eigenvalue weighted by Crippen LogP contribution is -2.60. The number of amides is 1. The molecule has 0 aliphatic carbocycles. The van der Waals surface area contributed by atoms with E-state index in [2.05, 4.69) is 67.8 Å². The van der Waals surface area contributed by atoms with Crippen LogP contribution in [0.3, 0.4) is 0 Å². The Balaban J connectivity index is 2.17. The van der Waals surface area contributed by atoms with Gasteiger partial charge in [0.05, 0.1) is 25.4 Å². The third kappa shape index (κ3) is 44.6. The summed E-state index contributed by atoms with van der Waals surface area (Å²) in [5.41, 5.74) is 0. The molecule has 0 saturated carbocycles. The summed E-state index contributed by atoms with van der Waals surface area (Å²) in [7, 11) is 0. The van der Waals surface area contributed by atoms with Gasteiger partial charge in [-0.1, -0.05) is 281 Å². The van der Waals surface area contributed by atoms with Crippen LogP contribution in [0.4, 0.5) is 0 Å². The van der Waals surface area contributed by atoms with Crippen molar-refractivity contribution in [3.63, 3.8) is 0 Å². The summed E-state index contributed by atoms with van der Waals surface area (Å²) < 4.78 is 11.1. The van der Waals surface area contributed by atoms with Gasteiger partial charge in [0.2, 0.25) is 5.91 Å². The summed E-state index contributed by atoms with van der Waals surface area (Å²) in [5.74, 6) is -0.708. The number of aliphatic hydroxyl groups is 7. The normalized spacial score (nSPS) is 19.5. The molecule has 0 radical (unpaired) electrons. The van der Waals surface area contributed by atoms with E-state index in [9.17, 15) is 40.5 Å². The molecule has 0 spiro atoms. The minimum atomic E-state index is -1.67. The van der Waals surface area contributed by atoms with Gasteiger partial charge < -0.3 is 50.5 Å². The smallest absolute Gasteiger partial charge is 0.249 e. The summed E-state index contributed by atoms with van der Waals surface area (Å²) in [4.78, 5) is 13.2. The number of unbranched alkanes of at least 4 members (excludes halogenated alkanes) is 39. The van der Waals surface area contributed by atoms with E-state index in [-0.39, 0.29) is 12.8 Å². The maximum absolute atomic E-state index is 13.2. The van der Waals surface area contributed by atoms with E-state index in [1.165, 1.54) is 225 Å². The van der Waals surface area contributed by atoms with Gasteiger partial charge in [-0.25, -0.2) is 0 Å². The molecule has 0 aromatic rings. The standard InChI is InChI=1S/C69H129NO10/c1-3-5-7-9-11-13-15-17-19-21-22-23-24-25-26-27-28-29-30-31-32-33-34-35-36-37-38-39-41-43-45-47-49-51-53-55-57-62(73)68(78)70-60(59-79-69-67(77)66(76)65(75)63(58-71)80-69)64(74)61(72)56-54-52-50-48-46-44-42-40-20-18-16-14-12-10-8-6-4-2/h26-27,29-30,40,42,48,50,60-67,69,71-77H,3-25,28,31-39,41,43-47,49,51-59H2,1-2H3,(H,70,78)/b27-26-,30-29-,42-40+,50-48+. The topological polar surface area (TPSA) is 189 Å². The first kappa shape index (κ1) is 76.1. The molecule has 0 aromatic carbocycles. The molecule has 9 atom stereocenters. The van der Waals surface area contributed by atoms with Gasteiger partial charge in [0.25, 0.3) is 0 Å². The number of hydrogen-bond donors (Lipinski definition) is 8. The molecule has 0 aromatic heterocycles. The van der Waals surface area contributed by atoms with Crippen molar-refractivity contribution in [2.45, 2.75) is 371 Å². The Kier molecular flexibility index (Phi) is 54.7. The minimum absolute atomic E-state index is 0.246. The van der Waals surface area contributed by atoms with Gasteiger partial charge in [-0.3, -0.25) is 4.79 Å². The number of aliphatic hydroxyl groups excluding tert-OH is 7. The fourth-order valence-corrected chi connectivity index (χ4v) is 10.8. The lowest BCUT2D eigenvalue weighted by molar-refractivity contribution is -0.303. The van der Waals surface area contributed by atoms with Gasteiger partial charge >= 0.3 is 0 Å². The number of ether oxygens (including phenoxy) is 2. The van der Waals surface area contributed by atoms with Gasteiger partial charge in [-0.15, -0.1) is 0 Å². The van der Waals surface area contributed by atoms with Crippen molar-refractivity contribution in [2.75, 3.05) is 13.2 Å². The van der Waals surface area contributed by atoms with E-state index < -0.39 is 74.2 Å². The molecule has 1 fully saturated rings. The highest BCUT2D eigenvalue weighted by Crippen LogP contribution is 2.24. The van der Waals surface area contributed by atoms with Crippen molar-refractivity contribution >= 4 is 5.91 Å². The predicted octanol–water partition coefficient (Wildman–Crippen LogP) is 16.0. The van der Waals surface area contributed by atoms with Crippen LogP contribution in [0.5, 0.6) is 0 Å². The first-order valence-corrected chi connectivity index (χ1v) is 34.0. The van der Waals surface area contributed by atoms with E-state index in [1.807, 2.05) is 0 Å². The van der Waals surface area contributed by atoms with Crippen molar-refractivity contribution in [3.05, 3.63) is 48.6 Å². The molecular formula is C69H129NO10. The molecule has 80 heavy (non-hydrogen) atoms. The summed E-state index contributed by atoms with van der Waals surface area (Å²) >= 11 is 0. The molecule has 1 aliphatic rings. The zero-order valence-corrected chi connectivity index (χ0v) is 51.8. The second-order valence-corrected chi connectivity index (χ2v) is 23.9. The van der Waals surface area contributed by atoms with Crippen LogP contribution in [-0.4, -0.2) is 110 Å². The second-order valence-electron chi connectivity index (χ2n) is 23.9. The van der Waals surface area contributed by atoms with E-state index >= 15 is 0 Å². The van der Waals surface area contributed by atoms with Crippen LogP contribution in [0.25, 0.3) is 0 Å². The summed E-state index contributed by atoms with van der Waals surface area (Å²) in [6, 6.07) is -1.19. The SMILES string of the molecule is CCCCCCCCCC/C=C/CC/C=C/CCCC(O)C(O)C(COC1OC(CO)C(O)C(O)C1O)NC(=O)C(O)CCCCCCCCCCCCCCCCCC/C=C\C/C=C\CCCCCCCCCCCCCCC. The van der Waals surface area contributed by atoms with Crippen LogP contribution in [0.2, 0.25) is 0 Å². The van der Waals surface area contributed by atoms with Crippen molar-refractivity contribution in [1.29, 1.82) is 0 Å². The van der Waals surface area contributed by atoms with Crippen LogP contribution in [0.1, 0.15) is 316 Å². The van der Waals surface area contributed by atoms with Crippen LogP contribution in [0, 0.1) is 0 Å². The first-order chi connectivity index (χ1) is 39.2. The average molecular weight is 1130 g/mol. The third-order valence-electron chi connectivity index (χ3n) is 16.3. The highest BCUT2D eigenvalue weighted by Gasteiger charge is 2.44. The van der Waals surface area contributed by atoms with E-state index in [4.69, 9.17) is 9.47 Å². The zero-order valence-electron chi connectivity index (χ0n) is 51.8. The zero-order chi connectivity index (χ0) is 58.2. The fraction of sp³-hybridized carbons (Fsp3) is 0.870. The Hall–Kier alpha value is -1.93. The molecule has 11 nitrogen and oxygen atoms in total. The van der Waals surface area contributed by atoms with E-state index in [0.717, 1.165) is 44.9 Å². The summed E-state index contributed by atoms with van der Waals surface area (Å²) in [6.07, 6.45) is 63.5. The quantitative estimate of drug-likeness (QED) is 0.0215. The van der Waals surface area contributed by atoms with Gasteiger partial charge in [-0.2, -0.15) is 0 Å². The Morgan fingerprint density at radius 1 is 0.438 bits per heavy atom. The Bertz CT molecular complexity index is 1440. The molecule has 11 heteroatoms. The van der Waals surface area contributed by atoms with Crippen LogP contribution < -0.4 is 5.32 Å². The number of allylic oxidation sites excluding steroid dienone is 8. The lowest BCUT2D eigenvalue weighted by Gasteiger charge is -2.40. The van der Waals surface area contributed by atoms with Gasteiger partial charge in [0.15, 0.2) is 6.29 Å². The Labute approximate surface area is 491 Å². The third-order valence-corrected chi connectivity index (χ3v) is 16.3. The average Bonchev–Trinajstić information content (AvgIpc) is 3.47. The predicted molar refractivity (Wildman–Crippen MR) is 335 cm³/mol. The molecule has 9 unspecified atom stereocenters. The highest BCUT2D eigenvalue weighted by atomic mass is 16.7. The molecular weight excluding hydrogens is 1000 g/mol. The largest absolute Gasteiger partial charge is 0.394 e. The van der Waals surface area contributed by atoms with Gasteiger partial charge in [0.1, 0.15) is 36.6 Å².